The Morgan fingerprint density at radius 1 is 1.06 bits per heavy atom. The Morgan fingerprint density at radius 2 is 1.94 bits per heavy atom. The average Bonchev–Trinajstić information content (AvgIpc) is 2.47. The van der Waals surface area contributed by atoms with Crippen molar-refractivity contribution in [3.63, 3.8) is 0 Å². The van der Waals surface area contributed by atoms with E-state index in [2.05, 4.69) is 30.4 Å². The Morgan fingerprint density at radius 3 is 2.78 bits per heavy atom. The number of hydrogen-bond acceptors (Lipinski definition) is 1. The van der Waals surface area contributed by atoms with E-state index in [0.29, 0.717) is 0 Å². The first kappa shape index (κ1) is 11.2. The highest BCUT2D eigenvalue weighted by molar-refractivity contribution is 6.29. The van der Waals surface area contributed by atoms with Crippen LogP contribution >= 0.6 is 0 Å². The fraction of sp³-hybridized carbons (Fsp3) is 0.235. The number of ketones is 1. The first-order valence-electron chi connectivity index (χ1n) is 6.55. The molecule has 0 saturated heterocycles. The summed E-state index contributed by atoms with van der Waals surface area (Å²) in [6.45, 7) is 0. The summed E-state index contributed by atoms with van der Waals surface area (Å²) in [5.41, 5.74) is 4.28. The third-order valence-electron chi connectivity index (χ3n) is 3.62. The molecule has 0 amide bonds. The highest BCUT2D eigenvalue weighted by Crippen LogP contribution is 2.30. The van der Waals surface area contributed by atoms with E-state index in [4.69, 9.17) is 0 Å². The summed E-state index contributed by atoms with van der Waals surface area (Å²) in [6, 6.07) is 8.26. The fourth-order valence-electron chi connectivity index (χ4n) is 2.66. The molecule has 0 aromatic heterocycles. The van der Waals surface area contributed by atoms with Crippen molar-refractivity contribution in [2.45, 2.75) is 25.7 Å². The topological polar surface area (TPSA) is 17.1 Å². The van der Waals surface area contributed by atoms with Gasteiger partial charge in [-0.25, -0.2) is 0 Å². The third-order valence-corrected chi connectivity index (χ3v) is 3.62. The average molecular weight is 236 g/mol. The van der Waals surface area contributed by atoms with Crippen LogP contribution in [0.2, 0.25) is 0 Å². The Balaban J connectivity index is 1.97. The van der Waals surface area contributed by atoms with Gasteiger partial charge in [0.1, 0.15) is 0 Å². The lowest BCUT2D eigenvalue weighted by atomic mass is 9.85. The molecule has 90 valence electrons. The van der Waals surface area contributed by atoms with Gasteiger partial charge in [-0.1, -0.05) is 48.6 Å². The summed E-state index contributed by atoms with van der Waals surface area (Å²) in [7, 11) is 0. The number of hydrogen-bond donors (Lipinski definition) is 0. The van der Waals surface area contributed by atoms with Crippen molar-refractivity contribution in [2.75, 3.05) is 0 Å². The molecule has 0 saturated carbocycles. The smallest absolute Gasteiger partial charge is 0.189 e. The van der Waals surface area contributed by atoms with Crippen LogP contribution < -0.4 is 0 Å². The van der Waals surface area contributed by atoms with Crippen molar-refractivity contribution in [3.8, 4) is 0 Å². The maximum absolute atomic E-state index is 12.5. The molecule has 1 aromatic rings. The van der Waals surface area contributed by atoms with Crippen molar-refractivity contribution in [2.24, 2.45) is 0 Å². The fourth-order valence-corrected chi connectivity index (χ4v) is 2.66. The van der Waals surface area contributed by atoms with Crippen molar-refractivity contribution in [1.29, 1.82) is 0 Å². The molecule has 0 fully saturated rings. The summed E-state index contributed by atoms with van der Waals surface area (Å²) in [5, 5.41) is 0. The minimum absolute atomic E-state index is 0.214. The van der Waals surface area contributed by atoms with Crippen LogP contribution in [0, 0.1) is 0 Å². The molecular formula is C17H16O. The molecule has 0 atom stereocenters. The highest BCUT2D eigenvalue weighted by Gasteiger charge is 2.21. The van der Waals surface area contributed by atoms with Gasteiger partial charge in [0.25, 0.3) is 0 Å². The van der Waals surface area contributed by atoms with Gasteiger partial charge in [-0.3, -0.25) is 4.79 Å². The first-order valence-corrected chi connectivity index (χ1v) is 6.55. The molecule has 0 unspecified atom stereocenters. The third kappa shape index (κ3) is 1.97. The molecule has 0 radical (unpaired) electrons. The largest absolute Gasteiger partial charge is 0.289 e. The van der Waals surface area contributed by atoms with Gasteiger partial charge in [0.2, 0.25) is 0 Å². The van der Waals surface area contributed by atoms with Gasteiger partial charge in [-0.2, -0.15) is 0 Å². The second kappa shape index (κ2) is 4.77. The van der Waals surface area contributed by atoms with Crippen LogP contribution in [0.1, 0.15) is 30.4 Å². The van der Waals surface area contributed by atoms with Crippen LogP contribution in [0.5, 0.6) is 0 Å². The highest BCUT2D eigenvalue weighted by atomic mass is 16.1. The maximum atomic E-state index is 12.5. The number of carbonyl (C=O) groups is 1. The molecule has 1 nitrogen and oxygen atoms in total. The van der Waals surface area contributed by atoms with Crippen LogP contribution in [0.4, 0.5) is 0 Å². The molecule has 3 rings (SSSR count). The number of rotatable bonds is 2. The van der Waals surface area contributed by atoms with Crippen LogP contribution in [-0.4, -0.2) is 5.78 Å². The molecular weight excluding hydrogens is 220 g/mol. The van der Waals surface area contributed by atoms with E-state index < -0.39 is 0 Å². The second-order valence-electron chi connectivity index (χ2n) is 4.80. The number of carbonyl (C=O) groups excluding carboxylic acids is 1. The van der Waals surface area contributed by atoms with Gasteiger partial charge in [-0.05, 0) is 36.8 Å². The number of Topliss-reactive ketones (excluding diaryl/α,β-unsaturated/α-hetero) is 1. The van der Waals surface area contributed by atoms with Gasteiger partial charge < -0.3 is 0 Å². The Kier molecular flexibility index (Phi) is 2.97. The number of allylic oxidation sites excluding steroid dienone is 6. The number of fused-ring (bicyclic) bond motifs is 1. The van der Waals surface area contributed by atoms with Gasteiger partial charge in [0.15, 0.2) is 5.78 Å². The van der Waals surface area contributed by atoms with E-state index in [9.17, 15) is 4.79 Å². The van der Waals surface area contributed by atoms with Crippen LogP contribution in [0.15, 0.2) is 54.1 Å². The standard InChI is InChI=1S/C17H16O/c18-17(14-8-2-1-3-9-14)16-12-6-10-13-7-4-5-11-15(13)16/h1-2,4-5,7-8,11-12H,3,6,9-10H2. The van der Waals surface area contributed by atoms with Crippen LogP contribution in [0.3, 0.4) is 0 Å². The molecule has 2 aliphatic carbocycles. The molecule has 1 heteroatoms. The van der Waals surface area contributed by atoms with E-state index in [0.717, 1.165) is 42.4 Å². The van der Waals surface area contributed by atoms with E-state index in [1.165, 1.54) is 5.56 Å². The van der Waals surface area contributed by atoms with E-state index in [1.807, 2.05) is 18.2 Å². The summed E-state index contributed by atoms with van der Waals surface area (Å²) in [6.07, 6.45) is 12.0. The molecule has 0 heterocycles. The molecule has 0 spiro atoms. The van der Waals surface area contributed by atoms with Crippen molar-refractivity contribution >= 4 is 11.4 Å². The summed E-state index contributed by atoms with van der Waals surface area (Å²) < 4.78 is 0. The predicted molar refractivity (Wildman–Crippen MR) is 74.2 cm³/mol. The number of aryl methyl sites for hydroxylation is 1. The zero-order chi connectivity index (χ0) is 12.4. The Labute approximate surface area is 108 Å². The zero-order valence-electron chi connectivity index (χ0n) is 10.4. The minimum atomic E-state index is 0.214. The first-order chi connectivity index (χ1) is 8.86. The number of benzene rings is 1. The summed E-state index contributed by atoms with van der Waals surface area (Å²) in [5.74, 6) is 0.214. The molecule has 1 aromatic carbocycles. The van der Waals surface area contributed by atoms with Crippen molar-refractivity contribution < 1.29 is 4.79 Å². The summed E-state index contributed by atoms with van der Waals surface area (Å²) in [4.78, 5) is 12.5. The molecule has 2 aliphatic rings. The van der Waals surface area contributed by atoms with Crippen LogP contribution in [0.25, 0.3) is 5.57 Å². The molecule has 0 bridgehead atoms. The van der Waals surface area contributed by atoms with Crippen LogP contribution in [-0.2, 0) is 11.2 Å². The van der Waals surface area contributed by atoms with Gasteiger partial charge in [0, 0.05) is 11.1 Å². The lowest BCUT2D eigenvalue weighted by Gasteiger charge is -2.18. The predicted octanol–water partition coefficient (Wildman–Crippen LogP) is 3.86. The second-order valence-corrected chi connectivity index (χ2v) is 4.80. The Hall–Kier alpha value is -1.89. The quantitative estimate of drug-likeness (QED) is 0.762. The zero-order valence-corrected chi connectivity index (χ0v) is 10.4. The van der Waals surface area contributed by atoms with Gasteiger partial charge >= 0.3 is 0 Å². The van der Waals surface area contributed by atoms with Crippen molar-refractivity contribution in [3.05, 3.63) is 65.3 Å². The maximum Gasteiger partial charge on any atom is 0.189 e. The normalized spacial score (nSPS) is 17.8. The molecule has 18 heavy (non-hydrogen) atoms. The SMILES string of the molecule is O=C(C1=CC=CCC1)C1=CCCc2ccccc21. The Bertz CT molecular complexity index is 573. The molecule has 0 aliphatic heterocycles. The monoisotopic (exact) mass is 236 g/mol. The van der Waals surface area contributed by atoms with E-state index in [-0.39, 0.29) is 5.78 Å². The molecule has 0 N–H and O–H groups in total. The van der Waals surface area contributed by atoms with Gasteiger partial charge in [0.05, 0.1) is 0 Å². The van der Waals surface area contributed by atoms with E-state index >= 15 is 0 Å². The summed E-state index contributed by atoms with van der Waals surface area (Å²) >= 11 is 0. The lowest BCUT2D eigenvalue weighted by molar-refractivity contribution is -0.110. The lowest BCUT2D eigenvalue weighted by Crippen LogP contribution is -2.11. The van der Waals surface area contributed by atoms with Gasteiger partial charge in [-0.15, -0.1) is 0 Å². The van der Waals surface area contributed by atoms with Crippen molar-refractivity contribution in [1.82, 2.24) is 0 Å². The van der Waals surface area contributed by atoms with E-state index in [1.54, 1.807) is 0 Å². The minimum Gasteiger partial charge on any atom is -0.289 e.